The Morgan fingerprint density at radius 2 is 1.84 bits per heavy atom. The van der Waals surface area contributed by atoms with E-state index in [0.717, 1.165) is 20.9 Å². The maximum Gasteiger partial charge on any atom is 0.315 e. The van der Waals surface area contributed by atoms with Gasteiger partial charge in [0, 0.05) is 26.5 Å². The molecule has 0 bridgehead atoms. The monoisotopic (exact) mass is 642 g/mol. The van der Waals surface area contributed by atoms with Crippen LogP contribution < -0.4 is 15.0 Å². The topological polar surface area (TPSA) is 109 Å². The Morgan fingerprint density at radius 1 is 1.13 bits per heavy atom. The van der Waals surface area contributed by atoms with Gasteiger partial charge in [-0.3, -0.25) is 14.9 Å². The number of methoxy groups -OCH3 is 1. The molecule has 0 saturated carbocycles. The zero-order chi connectivity index (χ0) is 27.4. The molecule has 0 N–H and O–H groups in total. The summed E-state index contributed by atoms with van der Waals surface area (Å²) in [5.41, 5.74) is 1.16. The minimum Gasteiger partial charge on any atom is -0.493 e. The van der Waals surface area contributed by atoms with Gasteiger partial charge in [-0.1, -0.05) is 57.8 Å². The number of hydrogen-bond acceptors (Lipinski definition) is 7. The van der Waals surface area contributed by atoms with E-state index < -0.39 is 4.92 Å². The predicted octanol–water partition coefficient (Wildman–Crippen LogP) is 6.81. The highest BCUT2D eigenvalue weighted by molar-refractivity contribution is 9.10. The molecule has 0 radical (unpaired) electrons. The van der Waals surface area contributed by atoms with Gasteiger partial charge in [0.15, 0.2) is 5.75 Å². The zero-order valence-corrected chi connectivity index (χ0v) is 24.0. The lowest BCUT2D eigenvalue weighted by molar-refractivity contribution is -0.386. The van der Waals surface area contributed by atoms with Crippen LogP contribution in [-0.4, -0.2) is 27.9 Å². The molecule has 1 heterocycles. The number of fused-ring (bicyclic) bond motifs is 1. The van der Waals surface area contributed by atoms with Crippen LogP contribution in [0.5, 0.6) is 11.5 Å². The Hall–Kier alpha value is -3.57. The molecular formula is C27H24Br2N4O5. The molecule has 3 aromatic carbocycles. The van der Waals surface area contributed by atoms with E-state index in [1.807, 2.05) is 44.2 Å². The fourth-order valence-corrected chi connectivity index (χ4v) is 4.38. The van der Waals surface area contributed by atoms with Gasteiger partial charge in [-0.15, -0.1) is 0 Å². The van der Waals surface area contributed by atoms with E-state index in [0.29, 0.717) is 22.3 Å². The summed E-state index contributed by atoms with van der Waals surface area (Å²) in [4.78, 5) is 29.5. The number of hydrogen-bond donors (Lipinski definition) is 0. The molecule has 4 aromatic rings. The van der Waals surface area contributed by atoms with Gasteiger partial charge < -0.3 is 9.47 Å². The maximum absolute atomic E-state index is 13.4. The average molecular weight is 644 g/mol. The van der Waals surface area contributed by atoms with Gasteiger partial charge in [0.1, 0.15) is 12.4 Å². The summed E-state index contributed by atoms with van der Waals surface area (Å²) >= 11 is 6.78. The summed E-state index contributed by atoms with van der Waals surface area (Å²) in [6.45, 7) is 4.08. The standard InChI is InChI=1S/C27H24Br2N4O5/c1-4-16(2)26-31-22-10-9-20(29)13-21(22)27(34)32(26)30-14-18-11-23(33(35)36)25(24(12-18)37-3)38-15-17-5-7-19(28)8-6-17/h5-14,16H,4,15H2,1-3H3/t16-/m0/s1. The van der Waals surface area contributed by atoms with Crippen LogP contribution in [0.3, 0.4) is 0 Å². The second kappa shape index (κ2) is 11.9. The molecule has 0 aliphatic carbocycles. The highest BCUT2D eigenvalue weighted by Crippen LogP contribution is 2.38. The molecule has 38 heavy (non-hydrogen) atoms. The van der Waals surface area contributed by atoms with Crippen molar-refractivity contribution in [1.82, 2.24) is 9.66 Å². The van der Waals surface area contributed by atoms with Crippen molar-refractivity contribution in [1.29, 1.82) is 0 Å². The van der Waals surface area contributed by atoms with Crippen molar-refractivity contribution < 1.29 is 14.4 Å². The van der Waals surface area contributed by atoms with Gasteiger partial charge in [0.2, 0.25) is 5.75 Å². The second-order valence-electron chi connectivity index (χ2n) is 8.55. The van der Waals surface area contributed by atoms with Gasteiger partial charge in [0.25, 0.3) is 5.56 Å². The molecule has 0 fully saturated rings. The molecule has 0 aliphatic heterocycles. The first-order valence-electron chi connectivity index (χ1n) is 11.7. The molecule has 1 atom stereocenters. The quantitative estimate of drug-likeness (QED) is 0.113. The summed E-state index contributed by atoms with van der Waals surface area (Å²) in [5.74, 6) is 0.630. The number of nitro groups is 1. The van der Waals surface area contributed by atoms with E-state index in [1.54, 1.807) is 18.2 Å². The highest BCUT2D eigenvalue weighted by Gasteiger charge is 2.23. The Labute approximate surface area is 235 Å². The van der Waals surface area contributed by atoms with Crippen LogP contribution >= 0.6 is 31.9 Å². The SMILES string of the molecule is CC[C@H](C)c1nc2ccc(Br)cc2c(=O)n1N=Cc1cc(OC)c(OCc2ccc(Br)cc2)c([N+](=O)[O-])c1. The molecule has 0 spiro atoms. The molecule has 0 aliphatic rings. The first-order chi connectivity index (χ1) is 18.2. The van der Waals surface area contributed by atoms with Crippen molar-refractivity contribution in [2.24, 2.45) is 5.10 Å². The fraction of sp³-hybridized carbons (Fsp3) is 0.222. The van der Waals surface area contributed by atoms with Gasteiger partial charge in [-0.25, -0.2) is 4.98 Å². The smallest absolute Gasteiger partial charge is 0.315 e. The number of halogens is 2. The van der Waals surface area contributed by atoms with E-state index in [-0.39, 0.29) is 35.3 Å². The molecule has 4 rings (SSSR count). The second-order valence-corrected chi connectivity index (χ2v) is 10.4. The Kier molecular flexibility index (Phi) is 8.58. The van der Waals surface area contributed by atoms with E-state index in [2.05, 4.69) is 41.9 Å². The first kappa shape index (κ1) is 27.5. The fourth-order valence-electron chi connectivity index (χ4n) is 3.75. The Balaban J connectivity index is 1.76. The van der Waals surface area contributed by atoms with Gasteiger partial charge >= 0.3 is 5.69 Å². The van der Waals surface area contributed by atoms with Crippen molar-refractivity contribution in [2.75, 3.05) is 7.11 Å². The van der Waals surface area contributed by atoms with Gasteiger partial charge in [0.05, 0.1) is 29.2 Å². The summed E-state index contributed by atoms with van der Waals surface area (Å²) in [5, 5.41) is 16.8. The largest absolute Gasteiger partial charge is 0.493 e. The van der Waals surface area contributed by atoms with Crippen LogP contribution in [-0.2, 0) is 6.61 Å². The lowest BCUT2D eigenvalue weighted by Gasteiger charge is -2.14. The predicted molar refractivity (Wildman–Crippen MR) is 154 cm³/mol. The zero-order valence-electron chi connectivity index (χ0n) is 20.9. The molecule has 0 amide bonds. The number of nitrogens with zero attached hydrogens (tertiary/aromatic N) is 4. The van der Waals surface area contributed by atoms with E-state index >= 15 is 0 Å². The lowest BCUT2D eigenvalue weighted by Crippen LogP contribution is -2.23. The normalized spacial score (nSPS) is 12.1. The van der Waals surface area contributed by atoms with Crippen LogP contribution in [0.2, 0.25) is 0 Å². The summed E-state index contributed by atoms with van der Waals surface area (Å²) in [6.07, 6.45) is 2.13. The lowest BCUT2D eigenvalue weighted by atomic mass is 10.1. The molecular weight excluding hydrogens is 620 g/mol. The van der Waals surface area contributed by atoms with Crippen molar-refractivity contribution >= 4 is 54.7 Å². The van der Waals surface area contributed by atoms with E-state index in [4.69, 9.17) is 9.47 Å². The molecule has 196 valence electrons. The van der Waals surface area contributed by atoms with Crippen molar-refractivity contribution in [3.05, 3.63) is 101 Å². The number of ether oxygens (including phenoxy) is 2. The van der Waals surface area contributed by atoms with Crippen molar-refractivity contribution in [3.8, 4) is 11.5 Å². The number of nitro benzene ring substituents is 1. The molecule has 1 aromatic heterocycles. The van der Waals surface area contributed by atoms with Crippen LogP contribution in [0.25, 0.3) is 10.9 Å². The molecule has 9 nitrogen and oxygen atoms in total. The minimum absolute atomic E-state index is 0.00671. The van der Waals surface area contributed by atoms with Gasteiger partial charge in [-0.2, -0.15) is 9.78 Å². The number of aromatic nitrogens is 2. The van der Waals surface area contributed by atoms with Gasteiger partial charge in [-0.05, 0) is 48.4 Å². The Bertz CT molecular complexity index is 1590. The van der Waals surface area contributed by atoms with Crippen LogP contribution in [0.4, 0.5) is 5.69 Å². The molecule has 0 saturated heterocycles. The summed E-state index contributed by atoms with van der Waals surface area (Å²) in [6, 6.07) is 15.6. The minimum atomic E-state index is -0.539. The third kappa shape index (κ3) is 5.94. The summed E-state index contributed by atoms with van der Waals surface area (Å²) in [7, 11) is 1.41. The van der Waals surface area contributed by atoms with Crippen LogP contribution in [0.15, 0.2) is 73.4 Å². The summed E-state index contributed by atoms with van der Waals surface area (Å²) < 4.78 is 14.1. The van der Waals surface area contributed by atoms with E-state index in [1.165, 1.54) is 24.1 Å². The maximum atomic E-state index is 13.4. The van der Waals surface area contributed by atoms with Crippen molar-refractivity contribution in [3.63, 3.8) is 0 Å². The average Bonchev–Trinajstić information content (AvgIpc) is 2.91. The van der Waals surface area contributed by atoms with E-state index in [9.17, 15) is 14.9 Å². The Morgan fingerprint density at radius 3 is 2.50 bits per heavy atom. The number of rotatable bonds is 9. The molecule has 0 unspecified atom stereocenters. The third-order valence-electron chi connectivity index (χ3n) is 5.98. The first-order valence-corrected chi connectivity index (χ1v) is 13.3. The molecule has 11 heteroatoms. The highest BCUT2D eigenvalue weighted by atomic mass is 79.9. The van der Waals surface area contributed by atoms with Crippen LogP contribution in [0.1, 0.15) is 43.1 Å². The van der Waals surface area contributed by atoms with Crippen molar-refractivity contribution in [2.45, 2.75) is 32.8 Å². The van der Waals surface area contributed by atoms with Crippen LogP contribution in [0, 0.1) is 10.1 Å². The number of benzene rings is 3. The third-order valence-corrected chi connectivity index (χ3v) is 7.00.